The maximum absolute atomic E-state index is 12.8. The number of thioether (sulfide) groups is 1. The third kappa shape index (κ3) is 6.12. The molecule has 0 aliphatic carbocycles. The lowest BCUT2D eigenvalue weighted by Crippen LogP contribution is -2.36. The van der Waals surface area contributed by atoms with Crippen LogP contribution in [0.3, 0.4) is 0 Å². The minimum atomic E-state index is -0.523. The lowest BCUT2D eigenvalue weighted by atomic mass is 10.1. The molecule has 3 aromatic rings. The van der Waals surface area contributed by atoms with Crippen molar-refractivity contribution in [2.75, 3.05) is 19.0 Å². The molecule has 35 heavy (non-hydrogen) atoms. The van der Waals surface area contributed by atoms with Crippen LogP contribution in [0, 0.1) is 0 Å². The number of hydrogen-bond donors (Lipinski definition) is 1. The topological polar surface area (TPSA) is 84.9 Å². The summed E-state index contributed by atoms with van der Waals surface area (Å²) in [5.74, 6) is 0.0692. The Morgan fingerprint density at radius 2 is 1.77 bits per heavy atom. The number of carbonyl (C=O) groups is 3. The maximum Gasteiger partial charge on any atom is 0.294 e. The molecule has 9 heteroatoms. The normalized spacial score (nSPS) is 14.3. The van der Waals surface area contributed by atoms with Crippen molar-refractivity contribution >= 4 is 56.5 Å². The summed E-state index contributed by atoms with van der Waals surface area (Å²) in [5.41, 5.74) is 2.25. The Balaban J connectivity index is 1.43. The number of ether oxygens (including phenoxy) is 2. The van der Waals surface area contributed by atoms with Crippen LogP contribution in [0.1, 0.15) is 11.1 Å². The molecule has 1 aliphatic heterocycles. The summed E-state index contributed by atoms with van der Waals surface area (Å²) >= 11 is 4.14. The molecule has 0 atom stereocenters. The molecule has 0 saturated carbocycles. The van der Waals surface area contributed by atoms with Crippen molar-refractivity contribution < 1.29 is 23.9 Å². The third-order valence-corrected chi connectivity index (χ3v) is 6.64. The van der Waals surface area contributed by atoms with Gasteiger partial charge in [0.1, 0.15) is 13.2 Å². The lowest BCUT2D eigenvalue weighted by Gasteiger charge is -2.13. The van der Waals surface area contributed by atoms with E-state index in [1.807, 2.05) is 36.4 Å². The number of methoxy groups -OCH3 is 1. The number of para-hydroxylation sites is 1. The van der Waals surface area contributed by atoms with E-state index in [4.69, 9.17) is 9.47 Å². The quantitative estimate of drug-likeness (QED) is 0.360. The first kappa shape index (κ1) is 24.6. The van der Waals surface area contributed by atoms with Crippen molar-refractivity contribution in [2.45, 2.75) is 6.61 Å². The Labute approximate surface area is 215 Å². The van der Waals surface area contributed by atoms with Gasteiger partial charge in [0.25, 0.3) is 11.1 Å². The number of hydrogen-bond acceptors (Lipinski definition) is 6. The van der Waals surface area contributed by atoms with Crippen LogP contribution in [0.25, 0.3) is 6.08 Å². The van der Waals surface area contributed by atoms with Crippen LogP contribution in [0.5, 0.6) is 11.5 Å². The number of nitrogens with zero attached hydrogens (tertiary/aromatic N) is 1. The number of rotatable bonds is 8. The van der Waals surface area contributed by atoms with Gasteiger partial charge in [-0.05, 0) is 69.2 Å². The molecule has 3 amide bonds. The van der Waals surface area contributed by atoms with Gasteiger partial charge in [0.05, 0.1) is 17.7 Å². The summed E-state index contributed by atoms with van der Waals surface area (Å²) in [6.45, 7) is 0.00990. The summed E-state index contributed by atoms with van der Waals surface area (Å²) in [5, 5.41) is 2.20. The molecule has 1 heterocycles. The highest BCUT2D eigenvalue weighted by Gasteiger charge is 2.36. The predicted octanol–water partition coefficient (Wildman–Crippen LogP) is 5.71. The van der Waals surface area contributed by atoms with Gasteiger partial charge in [-0.25, -0.2) is 0 Å². The summed E-state index contributed by atoms with van der Waals surface area (Å²) in [6, 6.07) is 22.1. The van der Waals surface area contributed by atoms with Gasteiger partial charge in [0.15, 0.2) is 11.5 Å². The number of anilines is 1. The molecule has 4 rings (SSSR count). The first-order valence-electron chi connectivity index (χ1n) is 10.6. The molecule has 178 valence electrons. The zero-order valence-electron chi connectivity index (χ0n) is 18.7. The predicted molar refractivity (Wildman–Crippen MR) is 139 cm³/mol. The zero-order chi connectivity index (χ0) is 24.8. The van der Waals surface area contributed by atoms with Crippen molar-refractivity contribution in [1.82, 2.24) is 4.90 Å². The molecule has 0 radical (unpaired) electrons. The number of benzene rings is 3. The number of halogens is 1. The number of carbonyl (C=O) groups excluding carboxylic acids is 3. The van der Waals surface area contributed by atoms with Crippen LogP contribution >= 0.6 is 27.7 Å². The van der Waals surface area contributed by atoms with Crippen LogP contribution in [-0.4, -0.2) is 35.6 Å². The van der Waals surface area contributed by atoms with Crippen molar-refractivity contribution in [2.24, 2.45) is 0 Å². The Bertz CT molecular complexity index is 1300. The molecule has 0 unspecified atom stereocenters. The second-order valence-corrected chi connectivity index (χ2v) is 9.33. The average molecular weight is 553 g/mol. The van der Waals surface area contributed by atoms with E-state index in [-0.39, 0.29) is 11.4 Å². The highest BCUT2D eigenvalue weighted by molar-refractivity contribution is 9.10. The summed E-state index contributed by atoms with van der Waals surface area (Å²) < 4.78 is 12.0. The fourth-order valence-corrected chi connectivity index (χ4v) is 4.53. The highest BCUT2D eigenvalue weighted by Crippen LogP contribution is 2.35. The van der Waals surface area contributed by atoms with Gasteiger partial charge in [-0.15, -0.1) is 0 Å². The van der Waals surface area contributed by atoms with Crippen molar-refractivity contribution in [3.05, 3.63) is 93.3 Å². The molecule has 1 fully saturated rings. The molecule has 0 aromatic heterocycles. The van der Waals surface area contributed by atoms with Gasteiger partial charge < -0.3 is 14.8 Å². The first-order chi connectivity index (χ1) is 16.9. The molecular weight excluding hydrogens is 532 g/mol. The lowest BCUT2D eigenvalue weighted by molar-refractivity contribution is -0.127. The van der Waals surface area contributed by atoms with Crippen molar-refractivity contribution in [3.8, 4) is 11.5 Å². The highest BCUT2D eigenvalue weighted by atomic mass is 79.9. The second kappa shape index (κ2) is 11.2. The molecule has 7 nitrogen and oxygen atoms in total. The van der Waals surface area contributed by atoms with Crippen LogP contribution in [0.15, 0.2) is 82.2 Å². The maximum atomic E-state index is 12.8. The Kier molecular flexibility index (Phi) is 7.89. The molecule has 1 saturated heterocycles. The Morgan fingerprint density at radius 3 is 2.51 bits per heavy atom. The molecule has 1 aliphatic rings. The van der Waals surface area contributed by atoms with Crippen molar-refractivity contribution in [3.63, 3.8) is 0 Å². The fourth-order valence-electron chi connectivity index (χ4n) is 3.31. The third-order valence-electron chi connectivity index (χ3n) is 5.05. The molecule has 0 bridgehead atoms. The van der Waals surface area contributed by atoms with Gasteiger partial charge in [0.2, 0.25) is 5.91 Å². The van der Waals surface area contributed by atoms with E-state index < -0.39 is 17.1 Å². The van der Waals surface area contributed by atoms with Gasteiger partial charge >= 0.3 is 0 Å². The van der Waals surface area contributed by atoms with Gasteiger partial charge in [-0.3, -0.25) is 19.3 Å². The van der Waals surface area contributed by atoms with Crippen LogP contribution < -0.4 is 14.8 Å². The van der Waals surface area contributed by atoms with Crippen LogP contribution in [0.4, 0.5) is 10.5 Å². The fraction of sp³-hybridized carbons (Fsp3) is 0.115. The van der Waals surface area contributed by atoms with E-state index in [2.05, 4.69) is 21.2 Å². The largest absolute Gasteiger partial charge is 0.493 e. The summed E-state index contributed by atoms with van der Waals surface area (Å²) in [6.07, 6.45) is 1.60. The average Bonchev–Trinajstić information content (AvgIpc) is 3.12. The Morgan fingerprint density at radius 1 is 1.03 bits per heavy atom. The van der Waals surface area contributed by atoms with E-state index in [1.54, 1.807) is 42.5 Å². The SMILES string of the molecule is COc1cc(/C=C2/SC(=O)N(CC(=O)Nc3ccccc3Br)C2=O)ccc1OCc1ccccc1. The zero-order valence-corrected chi connectivity index (χ0v) is 21.1. The van der Waals surface area contributed by atoms with Gasteiger partial charge in [-0.2, -0.15) is 0 Å². The number of nitrogens with one attached hydrogen (secondary N) is 1. The van der Waals surface area contributed by atoms with E-state index in [1.165, 1.54) is 7.11 Å². The molecule has 1 N–H and O–H groups in total. The smallest absolute Gasteiger partial charge is 0.294 e. The second-order valence-electron chi connectivity index (χ2n) is 7.48. The first-order valence-corrected chi connectivity index (χ1v) is 12.2. The molecule has 0 spiro atoms. The van der Waals surface area contributed by atoms with Gasteiger partial charge in [0, 0.05) is 4.47 Å². The van der Waals surface area contributed by atoms with E-state index in [0.717, 1.165) is 22.2 Å². The molecule has 3 aromatic carbocycles. The van der Waals surface area contributed by atoms with Crippen molar-refractivity contribution in [1.29, 1.82) is 0 Å². The minimum absolute atomic E-state index is 0.226. The molecular formula is C26H21BrN2O5S. The number of amides is 3. The van der Waals surface area contributed by atoms with Gasteiger partial charge in [-0.1, -0.05) is 48.5 Å². The van der Waals surface area contributed by atoms with E-state index in [9.17, 15) is 14.4 Å². The number of imide groups is 1. The van der Waals surface area contributed by atoms with E-state index >= 15 is 0 Å². The monoisotopic (exact) mass is 552 g/mol. The van der Waals surface area contributed by atoms with Crippen LogP contribution in [-0.2, 0) is 16.2 Å². The summed E-state index contributed by atoms with van der Waals surface area (Å²) in [4.78, 5) is 38.8. The minimum Gasteiger partial charge on any atom is -0.493 e. The van der Waals surface area contributed by atoms with Crippen LogP contribution in [0.2, 0.25) is 0 Å². The van der Waals surface area contributed by atoms with E-state index in [0.29, 0.717) is 33.8 Å². The summed E-state index contributed by atoms with van der Waals surface area (Å²) in [7, 11) is 1.53. The standard InChI is InChI=1S/C26H21BrN2O5S/c1-33-22-13-18(11-12-21(22)34-16-17-7-3-2-4-8-17)14-23-25(31)29(26(32)35-23)15-24(30)28-20-10-6-5-9-19(20)27/h2-14H,15-16H2,1H3,(H,28,30)/b23-14+. The Hall–Kier alpha value is -3.56.